The minimum absolute atomic E-state index is 0.148. The summed E-state index contributed by atoms with van der Waals surface area (Å²) in [5.74, 6) is 0.480. The summed E-state index contributed by atoms with van der Waals surface area (Å²) >= 11 is 3.31. The molecule has 0 amide bonds. The molecule has 5 heteroatoms. The lowest BCUT2D eigenvalue weighted by atomic mass is 10.1. The molecule has 0 radical (unpaired) electrons. The Labute approximate surface area is 120 Å². The highest BCUT2D eigenvalue weighted by atomic mass is 79.9. The highest BCUT2D eigenvalue weighted by Crippen LogP contribution is 2.21. The van der Waals surface area contributed by atoms with Crippen molar-refractivity contribution < 1.29 is 4.39 Å². The van der Waals surface area contributed by atoms with Gasteiger partial charge in [0.05, 0.1) is 5.69 Å². The molecular weight excluding hydrogens is 309 g/mol. The van der Waals surface area contributed by atoms with Crippen LogP contribution in [0.25, 0.3) is 0 Å². The van der Waals surface area contributed by atoms with Crippen LogP contribution in [0.5, 0.6) is 0 Å². The van der Waals surface area contributed by atoms with Crippen molar-refractivity contribution in [2.45, 2.75) is 20.4 Å². The van der Waals surface area contributed by atoms with Gasteiger partial charge in [-0.05, 0) is 52.5 Å². The van der Waals surface area contributed by atoms with Gasteiger partial charge in [0, 0.05) is 17.2 Å². The Balaban J connectivity index is 2.14. The normalized spacial score (nSPS) is 10.5. The number of nitrogens with two attached hydrogens (primary N) is 1. The third-order valence-corrected chi connectivity index (χ3v) is 3.27. The van der Waals surface area contributed by atoms with Crippen molar-refractivity contribution in [1.82, 2.24) is 4.98 Å². The van der Waals surface area contributed by atoms with E-state index in [0.29, 0.717) is 29.2 Å². The first kappa shape index (κ1) is 13.8. The Morgan fingerprint density at radius 2 is 1.89 bits per heavy atom. The smallest absolute Gasteiger partial charge is 0.149 e. The molecule has 0 bridgehead atoms. The maximum atomic E-state index is 13.5. The topological polar surface area (TPSA) is 50.9 Å². The largest absolute Gasteiger partial charge is 0.396 e. The number of anilines is 2. The van der Waals surface area contributed by atoms with E-state index >= 15 is 0 Å². The van der Waals surface area contributed by atoms with Crippen LogP contribution in [-0.4, -0.2) is 4.98 Å². The SMILES string of the molecule is Cc1cc(CNc2ncc(Br)cc2N)cc(C)c1F. The van der Waals surface area contributed by atoms with Crippen molar-refractivity contribution in [2.75, 3.05) is 11.1 Å². The first-order valence-corrected chi connectivity index (χ1v) is 6.67. The number of rotatable bonds is 3. The average molecular weight is 324 g/mol. The number of nitrogens with one attached hydrogen (secondary N) is 1. The second-order valence-electron chi connectivity index (χ2n) is 4.49. The zero-order chi connectivity index (χ0) is 14.0. The van der Waals surface area contributed by atoms with Crippen molar-refractivity contribution >= 4 is 27.4 Å². The molecule has 3 N–H and O–H groups in total. The van der Waals surface area contributed by atoms with E-state index in [0.717, 1.165) is 10.0 Å². The van der Waals surface area contributed by atoms with Gasteiger partial charge in [-0.15, -0.1) is 0 Å². The second-order valence-corrected chi connectivity index (χ2v) is 5.40. The van der Waals surface area contributed by atoms with Crippen LogP contribution in [0, 0.1) is 19.7 Å². The van der Waals surface area contributed by atoms with Gasteiger partial charge in [0.1, 0.15) is 11.6 Å². The Hall–Kier alpha value is -1.62. The molecular formula is C14H15BrFN3. The molecule has 0 aliphatic heterocycles. The summed E-state index contributed by atoms with van der Waals surface area (Å²) in [6.45, 7) is 4.08. The monoisotopic (exact) mass is 323 g/mol. The van der Waals surface area contributed by atoms with Crippen molar-refractivity contribution in [3.8, 4) is 0 Å². The van der Waals surface area contributed by atoms with Crippen molar-refractivity contribution in [1.29, 1.82) is 0 Å². The summed E-state index contributed by atoms with van der Waals surface area (Å²) in [6, 6.07) is 5.44. The highest BCUT2D eigenvalue weighted by molar-refractivity contribution is 9.10. The lowest BCUT2D eigenvalue weighted by Crippen LogP contribution is -2.05. The molecule has 19 heavy (non-hydrogen) atoms. The van der Waals surface area contributed by atoms with Gasteiger partial charge in [-0.1, -0.05) is 12.1 Å². The number of aryl methyl sites for hydroxylation is 2. The van der Waals surface area contributed by atoms with Crippen LogP contribution in [0.2, 0.25) is 0 Å². The molecule has 0 saturated carbocycles. The first-order valence-electron chi connectivity index (χ1n) is 5.88. The number of benzene rings is 1. The molecule has 0 saturated heterocycles. The number of hydrogen-bond donors (Lipinski definition) is 2. The fourth-order valence-electron chi connectivity index (χ4n) is 1.93. The van der Waals surface area contributed by atoms with Gasteiger partial charge in [0.15, 0.2) is 0 Å². The van der Waals surface area contributed by atoms with E-state index in [9.17, 15) is 4.39 Å². The highest BCUT2D eigenvalue weighted by Gasteiger charge is 2.05. The molecule has 0 aliphatic carbocycles. The molecule has 100 valence electrons. The number of pyridine rings is 1. The van der Waals surface area contributed by atoms with Crippen molar-refractivity contribution in [3.63, 3.8) is 0 Å². The zero-order valence-corrected chi connectivity index (χ0v) is 12.4. The third kappa shape index (κ3) is 3.23. The zero-order valence-electron chi connectivity index (χ0n) is 10.8. The van der Waals surface area contributed by atoms with Crippen molar-refractivity contribution in [3.05, 3.63) is 51.4 Å². The number of aromatic nitrogens is 1. The van der Waals surface area contributed by atoms with E-state index in [1.165, 1.54) is 0 Å². The number of halogens is 2. The van der Waals surface area contributed by atoms with Crippen LogP contribution in [0.15, 0.2) is 28.9 Å². The van der Waals surface area contributed by atoms with Gasteiger partial charge in [0.2, 0.25) is 0 Å². The van der Waals surface area contributed by atoms with Gasteiger partial charge in [-0.2, -0.15) is 0 Å². The molecule has 1 heterocycles. The molecule has 0 spiro atoms. The maximum absolute atomic E-state index is 13.5. The Bertz CT molecular complexity index is 591. The summed E-state index contributed by atoms with van der Waals surface area (Å²) in [5, 5.41) is 3.15. The molecule has 0 fully saturated rings. The Kier molecular flexibility index (Phi) is 4.04. The molecule has 0 aliphatic rings. The predicted molar refractivity (Wildman–Crippen MR) is 79.6 cm³/mol. The van der Waals surface area contributed by atoms with Gasteiger partial charge in [-0.25, -0.2) is 9.37 Å². The first-order chi connectivity index (χ1) is 8.97. The summed E-state index contributed by atoms with van der Waals surface area (Å²) in [4.78, 5) is 4.20. The molecule has 1 aromatic heterocycles. The molecule has 2 rings (SSSR count). The van der Waals surface area contributed by atoms with Crippen LogP contribution in [0.3, 0.4) is 0 Å². The quantitative estimate of drug-likeness (QED) is 0.903. The molecule has 2 aromatic rings. The lowest BCUT2D eigenvalue weighted by molar-refractivity contribution is 0.608. The van der Waals surface area contributed by atoms with E-state index in [1.807, 2.05) is 12.1 Å². The van der Waals surface area contributed by atoms with E-state index < -0.39 is 0 Å². The number of hydrogen-bond acceptors (Lipinski definition) is 3. The number of nitrogen functional groups attached to an aromatic ring is 1. The van der Waals surface area contributed by atoms with E-state index in [-0.39, 0.29) is 5.82 Å². The fourth-order valence-corrected chi connectivity index (χ4v) is 2.28. The third-order valence-electron chi connectivity index (χ3n) is 2.84. The number of nitrogens with zero attached hydrogens (tertiary/aromatic N) is 1. The fraction of sp³-hybridized carbons (Fsp3) is 0.214. The van der Waals surface area contributed by atoms with Gasteiger partial charge in [0.25, 0.3) is 0 Å². The summed E-state index contributed by atoms with van der Waals surface area (Å²) < 4.78 is 14.4. The second kappa shape index (κ2) is 5.57. The summed E-state index contributed by atoms with van der Waals surface area (Å²) in [7, 11) is 0. The van der Waals surface area contributed by atoms with Crippen LogP contribution < -0.4 is 11.1 Å². The van der Waals surface area contributed by atoms with Crippen LogP contribution in [0.1, 0.15) is 16.7 Å². The predicted octanol–water partition coefficient (Wildman–Crippen LogP) is 3.79. The van der Waals surface area contributed by atoms with Crippen LogP contribution in [-0.2, 0) is 6.54 Å². The molecule has 0 atom stereocenters. The Morgan fingerprint density at radius 1 is 1.26 bits per heavy atom. The van der Waals surface area contributed by atoms with Crippen molar-refractivity contribution in [2.24, 2.45) is 0 Å². The minimum Gasteiger partial charge on any atom is -0.396 e. The lowest BCUT2D eigenvalue weighted by Gasteiger charge is -2.10. The molecule has 1 aromatic carbocycles. The average Bonchev–Trinajstić information content (AvgIpc) is 2.34. The van der Waals surface area contributed by atoms with Gasteiger partial charge < -0.3 is 11.1 Å². The summed E-state index contributed by atoms with van der Waals surface area (Å²) in [6.07, 6.45) is 1.68. The minimum atomic E-state index is -0.148. The maximum Gasteiger partial charge on any atom is 0.149 e. The van der Waals surface area contributed by atoms with Gasteiger partial charge >= 0.3 is 0 Å². The molecule has 0 unspecified atom stereocenters. The Morgan fingerprint density at radius 3 is 2.47 bits per heavy atom. The van der Waals surface area contributed by atoms with Crippen LogP contribution >= 0.6 is 15.9 Å². The van der Waals surface area contributed by atoms with Crippen LogP contribution in [0.4, 0.5) is 15.9 Å². The van der Waals surface area contributed by atoms with Gasteiger partial charge in [-0.3, -0.25) is 0 Å². The van der Waals surface area contributed by atoms with E-state index in [1.54, 1.807) is 26.1 Å². The summed E-state index contributed by atoms with van der Waals surface area (Å²) in [5.41, 5.74) is 8.72. The van der Waals surface area contributed by atoms with E-state index in [4.69, 9.17) is 5.73 Å². The van der Waals surface area contributed by atoms with E-state index in [2.05, 4.69) is 26.2 Å². The standard InChI is InChI=1S/C14H15BrFN3/c1-8-3-10(4-9(2)13(8)16)6-18-14-12(17)5-11(15)7-19-14/h3-5,7H,6,17H2,1-2H3,(H,18,19). The molecule has 3 nitrogen and oxygen atoms in total.